The van der Waals surface area contributed by atoms with E-state index in [0.717, 1.165) is 18.5 Å². The van der Waals surface area contributed by atoms with Crippen LogP contribution in [0.15, 0.2) is 24.3 Å². The van der Waals surface area contributed by atoms with Crippen LogP contribution in [0.25, 0.3) is 0 Å². The Morgan fingerprint density at radius 1 is 1.22 bits per heavy atom. The largest absolute Gasteiger partial charge is 0.506 e. The highest BCUT2D eigenvalue weighted by Gasteiger charge is 2.26. The summed E-state index contributed by atoms with van der Waals surface area (Å²) in [6, 6.07) is 6.71. The number of phenolic OH excluding ortho intramolecular Hbond substituents is 1. The Kier molecular flexibility index (Phi) is 4.83. The summed E-state index contributed by atoms with van der Waals surface area (Å²) < 4.78 is 0. The molecule has 23 heavy (non-hydrogen) atoms. The Labute approximate surface area is 139 Å². The second-order valence-corrected chi connectivity index (χ2v) is 6.00. The van der Waals surface area contributed by atoms with Gasteiger partial charge in [0.15, 0.2) is 0 Å². The molecule has 0 amide bonds. The van der Waals surface area contributed by atoms with Gasteiger partial charge in [-0.25, -0.2) is 4.98 Å². The molecule has 7 heteroatoms. The summed E-state index contributed by atoms with van der Waals surface area (Å²) >= 11 is 5.97. The van der Waals surface area contributed by atoms with Crippen molar-refractivity contribution in [3.8, 4) is 5.75 Å². The van der Waals surface area contributed by atoms with Crippen molar-refractivity contribution in [1.29, 1.82) is 0 Å². The lowest BCUT2D eigenvalue weighted by atomic mass is 10.2. The summed E-state index contributed by atoms with van der Waals surface area (Å²) in [6.07, 6.45) is 2.90. The predicted molar refractivity (Wildman–Crippen MR) is 90.6 cm³/mol. The smallest absolute Gasteiger partial charge is 0.224 e. The molecule has 2 aromatic rings. The molecule has 0 saturated heterocycles. The first kappa shape index (κ1) is 15.8. The van der Waals surface area contributed by atoms with Crippen molar-refractivity contribution in [2.75, 3.05) is 23.8 Å². The summed E-state index contributed by atoms with van der Waals surface area (Å²) in [5, 5.41) is 25.5. The third-order valence-electron chi connectivity index (χ3n) is 3.58. The Morgan fingerprint density at radius 2 is 2.04 bits per heavy atom. The fourth-order valence-corrected chi connectivity index (χ4v) is 2.40. The van der Waals surface area contributed by atoms with Crippen molar-refractivity contribution >= 4 is 29.1 Å². The van der Waals surface area contributed by atoms with Crippen molar-refractivity contribution in [1.82, 2.24) is 9.97 Å². The number of aliphatic hydroxyl groups excluding tert-OH is 1. The molecule has 1 saturated carbocycles. The number of aliphatic hydroxyl groups is 1. The third kappa shape index (κ3) is 4.24. The molecule has 1 fully saturated rings. The number of hydrogen-bond donors (Lipinski definition) is 4. The number of aromatic nitrogens is 2. The van der Waals surface area contributed by atoms with Gasteiger partial charge in [-0.2, -0.15) is 4.98 Å². The first-order valence-electron chi connectivity index (χ1n) is 7.65. The summed E-state index contributed by atoms with van der Waals surface area (Å²) in [5.41, 5.74) is 1.48. The second kappa shape index (κ2) is 7.02. The average molecular weight is 335 g/mol. The van der Waals surface area contributed by atoms with Gasteiger partial charge in [0.25, 0.3) is 0 Å². The number of phenols is 1. The van der Waals surface area contributed by atoms with Gasteiger partial charge in [0.2, 0.25) is 5.95 Å². The van der Waals surface area contributed by atoms with Crippen LogP contribution >= 0.6 is 11.6 Å². The van der Waals surface area contributed by atoms with Gasteiger partial charge in [0.1, 0.15) is 11.6 Å². The molecule has 1 aliphatic rings. The van der Waals surface area contributed by atoms with E-state index in [9.17, 15) is 5.11 Å². The van der Waals surface area contributed by atoms with Gasteiger partial charge >= 0.3 is 0 Å². The minimum atomic E-state index is 0.107. The van der Waals surface area contributed by atoms with Gasteiger partial charge in [-0.3, -0.25) is 0 Å². The fraction of sp³-hybridized carbons (Fsp3) is 0.375. The zero-order valence-electron chi connectivity index (χ0n) is 12.6. The lowest BCUT2D eigenvalue weighted by molar-refractivity contribution is 0.292. The highest BCUT2D eigenvalue weighted by molar-refractivity contribution is 6.30. The van der Waals surface area contributed by atoms with E-state index in [2.05, 4.69) is 20.6 Å². The lowest BCUT2D eigenvalue weighted by Crippen LogP contribution is -2.09. The zero-order valence-corrected chi connectivity index (χ0v) is 13.3. The number of halogens is 1. The van der Waals surface area contributed by atoms with Gasteiger partial charge in [0.05, 0.1) is 11.4 Å². The van der Waals surface area contributed by atoms with Crippen LogP contribution in [0.4, 0.5) is 17.5 Å². The highest BCUT2D eigenvalue weighted by Crippen LogP contribution is 2.40. The van der Waals surface area contributed by atoms with Gasteiger partial charge < -0.3 is 20.8 Å². The number of aromatic hydroxyl groups is 1. The molecule has 122 valence electrons. The third-order valence-corrected chi connectivity index (χ3v) is 3.82. The molecule has 1 heterocycles. The second-order valence-electron chi connectivity index (χ2n) is 5.57. The normalized spacial score (nSPS) is 13.8. The van der Waals surface area contributed by atoms with E-state index in [1.807, 2.05) is 6.07 Å². The molecule has 0 aliphatic heterocycles. The average Bonchev–Trinajstić information content (AvgIpc) is 3.36. The summed E-state index contributed by atoms with van der Waals surface area (Å²) in [7, 11) is 0. The molecule has 1 aromatic carbocycles. The van der Waals surface area contributed by atoms with Crippen molar-refractivity contribution in [3.05, 3.63) is 35.0 Å². The van der Waals surface area contributed by atoms with Crippen LogP contribution in [0.3, 0.4) is 0 Å². The molecule has 6 nitrogen and oxygen atoms in total. The van der Waals surface area contributed by atoms with E-state index in [-0.39, 0.29) is 12.4 Å². The monoisotopic (exact) mass is 334 g/mol. The Balaban J connectivity index is 1.83. The number of rotatable bonds is 7. The zero-order chi connectivity index (χ0) is 16.2. The number of anilines is 3. The van der Waals surface area contributed by atoms with Gasteiger partial charge in [-0.05, 0) is 37.5 Å². The Hall–Kier alpha value is -2.05. The maximum atomic E-state index is 9.92. The maximum absolute atomic E-state index is 9.92. The number of nitrogens with zero attached hydrogens (tertiary/aromatic N) is 2. The van der Waals surface area contributed by atoms with E-state index in [1.54, 1.807) is 12.1 Å². The van der Waals surface area contributed by atoms with Crippen molar-refractivity contribution in [3.63, 3.8) is 0 Å². The van der Waals surface area contributed by atoms with Crippen molar-refractivity contribution in [2.45, 2.75) is 25.2 Å². The summed E-state index contributed by atoms with van der Waals surface area (Å²) in [5.74, 6) is 1.71. The van der Waals surface area contributed by atoms with Crippen LogP contribution < -0.4 is 10.6 Å². The standard InChI is InChI=1S/C16H19ClN4O2/c17-11-4-5-14(23)13(8-11)19-15-9-12(10-2-3-10)20-16(21-15)18-6-1-7-22/h4-5,8-10,22-23H,1-3,6-7H2,(H2,18,19,20,21). The number of benzene rings is 1. The first-order valence-corrected chi connectivity index (χ1v) is 8.03. The minimum absolute atomic E-state index is 0.107. The Morgan fingerprint density at radius 3 is 2.78 bits per heavy atom. The summed E-state index contributed by atoms with van der Waals surface area (Å²) in [6.45, 7) is 0.725. The molecular weight excluding hydrogens is 316 g/mol. The molecule has 0 bridgehead atoms. The van der Waals surface area contributed by atoms with Gasteiger partial charge in [0, 0.05) is 30.2 Å². The summed E-state index contributed by atoms with van der Waals surface area (Å²) in [4.78, 5) is 8.93. The highest BCUT2D eigenvalue weighted by atomic mass is 35.5. The van der Waals surface area contributed by atoms with Crippen LogP contribution in [-0.2, 0) is 0 Å². The molecule has 0 spiro atoms. The molecule has 1 aliphatic carbocycles. The van der Waals surface area contributed by atoms with Crippen molar-refractivity contribution < 1.29 is 10.2 Å². The van der Waals surface area contributed by atoms with E-state index in [4.69, 9.17) is 16.7 Å². The molecule has 0 unspecified atom stereocenters. The van der Waals surface area contributed by atoms with Crippen LogP contribution in [0.2, 0.25) is 5.02 Å². The van der Waals surface area contributed by atoms with Crippen LogP contribution in [-0.4, -0.2) is 33.3 Å². The van der Waals surface area contributed by atoms with E-state index in [1.165, 1.54) is 6.07 Å². The quantitative estimate of drug-likeness (QED) is 0.459. The fourth-order valence-electron chi connectivity index (χ4n) is 2.22. The molecule has 3 rings (SSSR count). The Bertz CT molecular complexity index is 692. The van der Waals surface area contributed by atoms with Crippen molar-refractivity contribution in [2.24, 2.45) is 0 Å². The lowest BCUT2D eigenvalue weighted by Gasteiger charge is -2.12. The SMILES string of the molecule is OCCCNc1nc(Nc2cc(Cl)ccc2O)cc(C2CC2)n1. The van der Waals surface area contributed by atoms with Gasteiger partial charge in [-0.1, -0.05) is 11.6 Å². The van der Waals surface area contributed by atoms with E-state index < -0.39 is 0 Å². The van der Waals surface area contributed by atoms with Gasteiger partial charge in [-0.15, -0.1) is 0 Å². The molecule has 0 atom stereocenters. The predicted octanol–water partition coefficient (Wildman–Crippen LogP) is 3.25. The first-order chi connectivity index (χ1) is 11.2. The molecule has 0 radical (unpaired) electrons. The van der Waals surface area contributed by atoms with Crippen LogP contribution in [0, 0.1) is 0 Å². The maximum Gasteiger partial charge on any atom is 0.224 e. The van der Waals surface area contributed by atoms with Crippen LogP contribution in [0.1, 0.15) is 30.9 Å². The minimum Gasteiger partial charge on any atom is -0.506 e. The number of hydrogen-bond acceptors (Lipinski definition) is 6. The number of nitrogens with one attached hydrogen (secondary N) is 2. The molecule has 4 N–H and O–H groups in total. The van der Waals surface area contributed by atoms with E-state index in [0.29, 0.717) is 41.4 Å². The molecular formula is C16H19ClN4O2. The topological polar surface area (TPSA) is 90.3 Å². The van der Waals surface area contributed by atoms with E-state index >= 15 is 0 Å². The van der Waals surface area contributed by atoms with Crippen LogP contribution in [0.5, 0.6) is 5.75 Å². The molecule has 1 aromatic heterocycles.